The molecule has 0 bridgehead atoms. The van der Waals surface area contributed by atoms with Crippen LogP contribution in [0.4, 0.5) is 19.0 Å². The van der Waals surface area contributed by atoms with Crippen LogP contribution in [-0.4, -0.2) is 28.3 Å². The first-order chi connectivity index (χ1) is 18.3. The van der Waals surface area contributed by atoms with Crippen molar-refractivity contribution in [2.24, 2.45) is 0 Å². The summed E-state index contributed by atoms with van der Waals surface area (Å²) < 4.78 is 51.1. The highest BCUT2D eigenvalue weighted by atomic mass is 32.2. The molecule has 1 aliphatic rings. The largest absolute Gasteiger partial charge is 0.494 e. The molecule has 1 aliphatic heterocycles. The predicted octanol–water partition coefficient (Wildman–Crippen LogP) is 5.52. The highest BCUT2D eigenvalue weighted by Crippen LogP contribution is 2.41. The summed E-state index contributed by atoms with van der Waals surface area (Å²) in [5.41, 5.74) is -0.00352. The summed E-state index contributed by atoms with van der Waals surface area (Å²) in [6.07, 6.45) is 1.33. The summed E-state index contributed by atoms with van der Waals surface area (Å²) >= 11 is 1.23. The van der Waals surface area contributed by atoms with Crippen LogP contribution >= 0.6 is 11.8 Å². The molecule has 4 aromatic rings. The highest BCUT2D eigenvalue weighted by molar-refractivity contribution is 7.99. The third-order valence-electron chi connectivity index (χ3n) is 6.51. The van der Waals surface area contributed by atoms with Crippen LogP contribution in [-0.2, 0) is 11.2 Å². The SMILES string of the molecule is COc1cccc(-c2c(C)c(Cc3c(F)cccc3F)c3n(c2=O)C(C(=O)Nc2ccccn2)CS3)c1F. The third kappa shape index (κ3) is 4.45. The molecule has 38 heavy (non-hydrogen) atoms. The number of fused-ring (bicyclic) bond motifs is 1. The fourth-order valence-electron chi connectivity index (χ4n) is 4.61. The van der Waals surface area contributed by atoms with Gasteiger partial charge in [-0.3, -0.25) is 14.2 Å². The van der Waals surface area contributed by atoms with Gasteiger partial charge in [0, 0.05) is 29.5 Å². The van der Waals surface area contributed by atoms with E-state index >= 15 is 4.39 Å². The maximum Gasteiger partial charge on any atom is 0.260 e. The number of rotatable bonds is 6. The van der Waals surface area contributed by atoms with Crippen LogP contribution in [0.1, 0.15) is 22.7 Å². The van der Waals surface area contributed by atoms with Gasteiger partial charge in [-0.05, 0) is 48.4 Å². The molecule has 1 N–H and O–H groups in total. The Kier molecular flexibility index (Phi) is 6.98. The van der Waals surface area contributed by atoms with Gasteiger partial charge in [0.1, 0.15) is 23.5 Å². The Morgan fingerprint density at radius 1 is 1.08 bits per heavy atom. The lowest BCUT2D eigenvalue weighted by molar-refractivity contribution is -0.118. The van der Waals surface area contributed by atoms with E-state index in [-0.39, 0.29) is 34.6 Å². The molecule has 1 amide bonds. The molecular formula is C28H22F3N3O3S. The van der Waals surface area contributed by atoms with Crippen molar-refractivity contribution in [2.75, 3.05) is 18.2 Å². The van der Waals surface area contributed by atoms with E-state index in [1.165, 1.54) is 47.8 Å². The Hall–Kier alpha value is -4.05. The van der Waals surface area contributed by atoms with Crippen molar-refractivity contribution in [2.45, 2.75) is 24.4 Å². The topological polar surface area (TPSA) is 73.2 Å². The first-order valence-electron chi connectivity index (χ1n) is 11.7. The minimum absolute atomic E-state index is 0.00460. The van der Waals surface area contributed by atoms with E-state index in [2.05, 4.69) is 10.3 Å². The van der Waals surface area contributed by atoms with Crippen LogP contribution in [0.2, 0.25) is 0 Å². The van der Waals surface area contributed by atoms with Crippen LogP contribution in [0.25, 0.3) is 11.1 Å². The lowest BCUT2D eigenvalue weighted by atomic mass is 9.94. The number of nitrogens with zero attached hydrogens (tertiary/aromatic N) is 2. The van der Waals surface area contributed by atoms with E-state index in [1.807, 2.05) is 0 Å². The van der Waals surface area contributed by atoms with Crippen molar-refractivity contribution >= 4 is 23.5 Å². The molecule has 0 saturated carbocycles. The first-order valence-corrected chi connectivity index (χ1v) is 12.7. The monoisotopic (exact) mass is 537 g/mol. The number of anilines is 1. The second-order valence-corrected chi connectivity index (χ2v) is 9.70. The maximum absolute atomic E-state index is 15.4. The van der Waals surface area contributed by atoms with Crippen molar-refractivity contribution in [1.29, 1.82) is 0 Å². The number of pyridine rings is 2. The van der Waals surface area contributed by atoms with Crippen molar-refractivity contribution < 1.29 is 22.7 Å². The number of carbonyl (C=O) groups excluding carboxylic acids is 1. The molecule has 5 rings (SSSR count). The van der Waals surface area contributed by atoms with Crippen molar-refractivity contribution in [3.05, 3.63) is 105 Å². The van der Waals surface area contributed by atoms with Crippen LogP contribution in [0.15, 0.2) is 70.6 Å². The van der Waals surface area contributed by atoms with Crippen molar-refractivity contribution in [3.8, 4) is 16.9 Å². The van der Waals surface area contributed by atoms with Gasteiger partial charge in [0.15, 0.2) is 11.6 Å². The van der Waals surface area contributed by atoms with Gasteiger partial charge in [-0.25, -0.2) is 18.2 Å². The molecule has 0 saturated heterocycles. The third-order valence-corrected chi connectivity index (χ3v) is 7.71. The molecule has 1 atom stereocenters. The summed E-state index contributed by atoms with van der Waals surface area (Å²) in [6.45, 7) is 1.62. The van der Waals surface area contributed by atoms with Gasteiger partial charge in [0.25, 0.3) is 5.56 Å². The molecule has 0 fully saturated rings. The zero-order valence-corrected chi connectivity index (χ0v) is 21.2. The zero-order valence-electron chi connectivity index (χ0n) is 20.4. The molecule has 0 radical (unpaired) electrons. The number of hydrogen-bond donors (Lipinski definition) is 1. The van der Waals surface area contributed by atoms with Gasteiger partial charge in [0.2, 0.25) is 5.91 Å². The molecular weight excluding hydrogens is 515 g/mol. The predicted molar refractivity (Wildman–Crippen MR) is 139 cm³/mol. The Labute approximate surface area is 220 Å². The number of thioether (sulfide) groups is 1. The summed E-state index contributed by atoms with van der Waals surface area (Å²) in [7, 11) is 1.31. The number of carbonyl (C=O) groups is 1. The quantitative estimate of drug-likeness (QED) is 0.351. The van der Waals surface area contributed by atoms with Gasteiger partial charge in [-0.1, -0.05) is 24.3 Å². The maximum atomic E-state index is 15.4. The van der Waals surface area contributed by atoms with Gasteiger partial charge >= 0.3 is 0 Å². The second kappa shape index (κ2) is 10.4. The number of halogens is 3. The van der Waals surface area contributed by atoms with Crippen molar-refractivity contribution in [3.63, 3.8) is 0 Å². The average molecular weight is 538 g/mol. The Bertz CT molecular complexity index is 1590. The van der Waals surface area contributed by atoms with E-state index in [1.54, 1.807) is 31.2 Å². The normalized spacial score (nSPS) is 14.3. The molecule has 1 unspecified atom stereocenters. The highest BCUT2D eigenvalue weighted by Gasteiger charge is 2.35. The number of aromatic nitrogens is 2. The number of methoxy groups -OCH3 is 1. The van der Waals surface area contributed by atoms with Gasteiger partial charge < -0.3 is 10.1 Å². The van der Waals surface area contributed by atoms with E-state index in [0.717, 1.165) is 12.1 Å². The molecule has 10 heteroatoms. The van der Waals surface area contributed by atoms with Crippen LogP contribution < -0.4 is 15.6 Å². The Morgan fingerprint density at radius 2 is 1.82 bits per heavy atom. The molecule has 194 valence electrons. The fraction of sp³-hybridized carbons (Fsp3) is 0.179. The second-order valence-electron chi connectivity index (χ2n) is 8.69. The number of benzene rings is 2. The van der Waals surface area contributed by atoms with E-state index in [9.17, 15) is 18.4 Å². The van der Waals surface area contributed by atoms with Gasteiger partial charge in [-0.2, -0.15) is 0 Å². The smallest absolute Gasteiger partial charge is 0.260 e. The van der Waals surface area contributed by atoms with Crippen LogP contribution in [0.5, 0.6) is 5.75 Å². The Balaban J connectivity index is 1.72. The molecule has 0 aliphatic carbocycles. The summed E-state index contributed by atoms with van der Waals surface area (Å²) in [5, 5.41) is 3.11. The molecule has 3 heterocycles. The summed E-state index contributed by atoms with van der Waals surface area (Å²) in [5.74, 6) is -2.27. The van der Waals surface area contributed by atoms with Gasteiger partial charge in [0.05, 0.1) is 17.7 Å². The van der Waals surface area contributed by atoms with Crippen LogP contribution in [0, 0.1) is 24.4 Å². The lowest BCUT2D eigenvalue weighted by Gasteiger charge is -2.21. The van der Waals surface area contributed by atoms with Crippen molar-refractivity contribution in [1.82, 2.24) is 9.55 Å². The van der Waals surface area contributed by atoms with E-state index in [4.69, 9.17) is 4.74 Å². The molecule has 6 nitrogen and oxygen atoms in total. The zero-order chi connectivity index (χ0) is 27.0. The van der Waals surface area contributed by atoms with E-state index in [0.29, 0.717) is 22.0 Å². The molecule has 0 spiro atoms. The minimum atomic E-state index is -0.957. The number of amides is 1. The first kappa shape index (κ1) is 25.6. The summed E-state index contributed by atoms with van der Waals surface area (Å²) in [6, 6.07) is 12.1. The number of hydrogen-bond acceptors (Lipinski definition) is 5. The standard InChI is InChI=1S/C28H22F3N3O3S/c1-15-17(13-18-19(29)8-6-9-20(18)30)28-34(21(14-38-28)26(35)33-23-11-3-4-12-32-23)27(36)24(15)16-7-5-10-22(37-2)25(16)31/h3-12,21H,13-14H2,1-2H3,(H,32,33,35). The van der Waals surface area contributed by atoms with Gasteiger partial charge in [-0.15, -0.1) is 11.8 Å². The minimum Gasteiger partial charge on any atom is -0.494 e. The molecule has 2 aromatic carbocycles. The Morgan fingerprint density at radius 3 is 2.50 bits per heavy atom. The lowest BCUT2D eigenvalue weighted by Crippen LogP contribution is -2.34. The number of ether oxygens (including phenoxy) is 1. The number of nitrogens with one attached hydrogen (secondary N) is 1. The molecule has 2 aromatic heterocycles. The van der Waals surface area contributed by atoms with Crippen LogP contribution in [0.3, 0.4) is 0 Å². The fourth-order valence-corrected chi connectivity index (χ4v) is 5.97. The average Bonchev–Trinajstić information content (AvgIpc) is 3.35. The van der Waals surface area contributed by atoms with E-state index < -0.39 is 35.0 Å². The summed E-state index contributed by atoms with van der Waals surface area (Å²) in [4.78, 5) is 31.3.